The normalized spacial score (nSPS) is 9.80. The molecule has 0 radical (unpaired) electrons. The fourth-order valence-electron chi connectivity index (χ4n) is 1.65. The Kier molecular flexibility index (Phi) is 3.53. The smallest absolute Gasteiger partial charge is 0.259 e. The molecular weight excluding hydrogens is 263 g/mol. The number of halogens is 1. The second kappa shape index (κ2) is 5.28. The highest BCUT2D eigenvalue weighted by atomic mass is 19.1. The van der Waals surface area contributed by atoms with E-state index in [9.17, 15) is 19.4 Å². The molecule has 0 spiro atoms. The minimum atomic E-state index is -0.763. The van der Waals surface area contributed by atoms with Gasteiger partial charge in [-0.3, -0.25) is 4.79 Å². The van der Waals surface area contributed by atoms with Crippen LogP contribution in [0.3, 0.4) is 0 Å². The van der Waals surface area contributed by atoms with Gasteiger partial charge in [-0.25, -0.2) is 4.39 Å². The number of aromatic hydroxyl groups is 2. The first-order valence-corrected chi connectivity index (χ1v) is 5.55. The Labute approximate surface area is 113 Å². The van der Waals surface area contributed by atoms with Crippen LogP contribution < -0.4 is 5.32 Å². The number of amides is 1. The summed E-state index contributed by atoms with van der Waals surface area (Å²) in [5, 5.41) is 30.1. The molecular formula is C14H9FN2O3. The van der Waals surface area contributed by atoms with Gasteiger partial charge >= 0.3 is 0 Å². The lowest BCUT2D eigenvalue weighted by Crippen LogP contribution is -2.13. The molecule has 3 N–H and O–H groups in total. The third-order valence-electron chi connectivity index (χ3n) is 2.63. The number of nitriles is 1. The number of para-hydroxylation sites is 1. The molecule has 6 heteroatoms. The summed E-state index contributed by atoms with van der Waals surface area (Å²) >= 11 is 0. The first kappa shape index (κ1) is 13.4. The van der Waals surface area contributed by atoms with Gasteiger partial charge in [0.2, 0.25) is 0 Å². The van der Waals surface area contributed by atoms with E-state index < -0.39 is 23.2 Å². The molecule has 0 atom stereocenters. The van der Waals surface area contributed by atoms with Crippen molar-refractivity contribution in [3.8, 4) is 17.6 Å². The van der Waals surface area contributed by atoms with Gasteiger partial charge in [0.15, 0.2) is 11.5 Å². The van der Waals surface area contributed by atoms with E-state index in [4.69, 9.17) is 5.26 Å². The highest BCUT2D eigenvalue weighted by Crippen LogP contribution is 2.29. The summed E-state index contributed by atoms with van der Waals surface area (Å²) in [6, 6.07) is 9.32. The first-order chi connectivity index (χ1) is 9.54. The van der Waals surface area contributed by atoms with E-state index in [1.54, 1.807) is 6.07 Å². The fraction of sp³-hybridized carbons (Fsp3) is 0. The molecule has 0 aromatic heterocycles. The second-order valence-electron chi connectivity index (χ2n) is 3.90. The molecule has 0 saturated heterocycles. The minimum Gasteiger partial charge on any atom is -0.504 e. The second-order valence-corrected chi connectivity index (χ2v) is 3.90. The summed E-state index contributed by atoms with van der Waals surface area (Å²) in [6.07, 6.45) is 0. The predicted octanol–water partition coefficient (Wildman–Crippen LogP) is 2.36. The summed E-state index contributed by atoms with van der Waals surface area (Å²) in [5.41, 5.74) is -0.501. The van der Waals surface area contributed by atoms with Crippen LogP contribution in [0.4, 0.5) is 10.1 Å². The molecule has 0 heterocycles. The monoisotopic (exact) mass is 272 g/mol. The molecule has 20 heavy (non-hydrogen) atoms. The summed E-state index contributed by atoms with van der Waals surface area (Å²) in [5.74, 6) is -2.55. The van der Waals surface area contributed by atoms with E-state index in [-0.39, 0.29) is 16.8 Å². The summed E-state index contributed by atoms with van der Waals surface area (Å²) in [6.45, 7) is 0. The molecule has 0 aliphatic carbocycles. The number of nitrogens with zero attached hydrogens (tertiary/aromatic N) is 1. The lowest BCUT2D eigenvalue weighted by atomic mass is 10.1. The summed E-state index contributed by atoms with van der Waals surface area (Å²) in [4.78, 5) is 12.0. The third kappa shape index (κ3) is 2.37. The highest BCUT2D eigenvalue weighted by molar-refractivity contribution is 6.07. The molecule has 0 aliphatic heterocycles. The molecule has 0 bridgehead atoms. The standard InChI is InChI=1S/C14H9FN2O3/c15-10-4-2-5-11(9(10)7-16)17-14(20)8-3-1-6-12(18)13(8)19/h1-6,18-19H,(H,17,20). The molecule has 2 aromatic carbocycles. The van der Waals surface area contributed by atoms with Crippen LogP contribution in [0.5, 0.6) is 11.5 Å². The first-order valence-electron chi connectivity index (χ1n) is 5.55. The average Bonchev–Trinajstić information content (AvgIpc) is 2.42. The van der Waals surface area contributed by atoms with Crippen molar-refractivity contribution < 1.29 is 19.4 Å². The maximum Gasteiger partial charge on any atom is 0.259 e. The Hall–Kier alpha value is -3.07. The summed E-state index contributed by atoms with van der Waals surface area (Å²) < 4.78 is 13.4. The Morgan fingerprint density at radius 1 is 1.20 bits per heavy atom. The van der Waals surface area contributed by atoms with Crippen molar-refractivity contribution in [3.63, 3.8) is 0 Å². The molecule has 0 aliphatic rings. The van der Waals surface area contributed by atoms with Crippen molar-refractivity contribution in [1.82, 2.24) is 0 Å². The Bertz CT molecular complexity index is 723. The largest absolute Gasteiger partial charge is 0.504 e. The van der Waals surface area contributed by atoms with Crippen LogP contribution in [0.25, 0.3) is 0 Å². The predicted molar refractivity (Wildman–Crippen MR) is 68.8 cm³/mol. The van der Waals surface area contributed by atoms with Crippen molar-refractivity contribution in [3.05, 3.63) is 53.3 Å². The number of anilines is 1. The van der Waals surface area contributed by atoms with Crippen molar-refractivity contribution >= 4 is 11.6 Å². The van der Waals surface area contributed by atoms with Gasteiger partial charge in [0, 0.05) is 0 Å². The highest BCUT2D eigenvalue weighted by Gasteiger charge is 2.16. The van der Waals surface area contributed by atoms with Crippen molar-refractivity contribution in [2.45, 2.75) is 0 Å². The number of carbonyl (C=O) groups is 1. The zero-order valence-corrected chi connectivity index (χ0v) is 10.1. The molecule has 2 rings (SSSR count). The molecule has 2 aromatic rings. The van der Waals surface area contributed by atoms with Gasteiger partial charge in [0.05, 0.1) is 11.3 Å². The zero-order chi connectivity index (χ0) is 14.7. The van der Waals surface area contributed by atoms with Gasteiger partial charge in [-0.2, -0.15) is 5.26 Å². The van der Waals surface area contributed by atoms with Crippen LogP contribution >= 0.6 is 0 Å². The van der Waals surface area contributed by atoms with E-state index in [0.29, 0.717) is 0 Å². The topological polar surface area (TPSA) is 93.4 Å². The van der Waals surface area contributed by atoms with Crippen molar-refractivity contribution in [2.75, 3.05) is 5.32 Å². The van der Waals surface area contributed by atoms with Crippen molar-refractivity contribution in [2.24, 2.45) is 0 Å². The lowest BCUT2D eigenvalue weighted by Gasteiger charge is -2.09. The quantitative estimate of drug-likeness (QED) is 0.731. The van der Waals surface area contributed by atoms with Gasteiger partial charge in [0.1, 0.15) is 17.4 Å². The van der Waals surface area contributed by atoms with Crippen LogP contribution in [-0.2, 0) is 0 Å². The van der Waals surface area contributed by atoms with E-state index in [2.05, 4.69) is 5.32 Å². The Balaban J connectivity index is 2.36. The van der Waals surface area contributed by atoms with Crippen molar-refractivity contribution in [1.29, 1.82) is 5.26 Å². The molecule has 100 valence electrons. The van der Waals surface area contributed by atoms with Gasteiger partial charge < -0.3 is 15.5 Å². The SMILES string of the molecule is N#Cc1c(F)cccc1NC(=O)c1cccc(O)c1O. The van der Waals surface area contributed by atoms with Gasteiger partial charge in [-0.15, -0.1) is 0 Å². The molecule has 0 unspecified atom stereocenters. The number of rotatable bonds is 2. The van der Waals surface area contributed by atoms with Crippen LogP contribution in [-0.4, -0.2) is 16.1 Å². The summed E-state index contributed by atoms with van der Waals surface area (Å²) in [7, 11) is 0. The Morgan fingerprint density at radius 2 is 1.90 bits per heavy atom. The molecule has 0 fully saturated rings. The van der Waals surface area contributed by atoms with E-state index >= 15 is 0 Å². The fourth-order valence-corrected chi connectivity index (χ4v) is 1.65. The van der Waals surface area contributed by atoms with E-state index in [1.165, 1.54) is 30.3 Å². The number of hydrogen-bond donors (Lipinski definition) is 3. The average molecular weight is 272 g/mol. The van der Waals surface area contributed by atoms with Crippen LogP contribution in [0, 0.1) is 17.1 Å². The number of phenolic OH excluding ortho intramolecular Hbond substituents is 2. The molecule has 5 nitrogen and oxygen atoms in total. The number of phenols is 2. The molecule has 1 amide bonds. The number of carbonyl (C=O) groups excluding carboxylic acids is 1. The van der Waals surface area contributed by atoms with Gasteiger partial charge in [-0.05, 0) is 24.3 Å². The van der Waals surface area contributed by atoms with E-state index in [0.717, 1.165) is 6.07 Å². The van der Waals surface area contributed by atoms with Crippen LogP contribution in [0.1, 0.15) is 15.9 Å². The third-order valence-corrected chi connectivity index (χ3v) is 2.63. The van der Waals surface area contributed by atoms with Crippen LogP contribution in [0.2, 0.25) is 0 Å². The minimum absolute atomic E-state index is 0.0137. The van der Waals surface area contributed by atoms with Gasteiger partial charge in [-0.1, -0.05) is 12.1 Å². The lowest BCUT2D eigenvalue weighted by molar-refractivity contribution is 0.102. The zero-order valence-electron chi connectivity index (χ0n) is 10.1. The number of nitrogens with one attached hydrogen (secondary N) is 1. The number of hydrogen-bond acceptors (Lipinski definition) is 4. The number of benzene rings is 2. The van der Waals surface area contributed by atoms with Crippen LogP contribution in [0.15, 0.2) is 36.4 Å². The maximum absolute atomic E-state index is 13.4. The molecule has 0 saturated carbocycles. The van der Waals surface area contributed by atoms with E-state index in [1.807, 2.05) is 0 Å². The Morgan fingerprint density at radius 3 is 2.60 bits per heavy atom. The van der Waals surface area contributed by atoms with Gasteiger partial charge in [0.25, 0.3) is 5.91 Å². The maximum atomic E-state index is 13.4.